The second-order valence-corrected chi connectivity index (χ2v) is 2.98. The molecule has 88 valence electrons. The van der Waals surface area contributed by atoms with Gasteiger partial charge in [0.25, 0.3) is 5.91 Å². The minimum Gasteiger partial charge on any atom is -0.382 e. The van der Waals surface area contributed by atoms with Crippen molar-refractivity contribution in [3.05, 3.63) is 30.1 Å². The predicted octanol–water partition coefficient (Wildman–Crippen LogP) is 0.735. The van der Waals surface area contributed by atoms with Crippen molar-refractivity contribution in [2.24, 2.45) is 0 Å². The van der Waals surface area contributed by atoms with Crippen molar-refractivity contribution in [3.63, 3.8) is 0 Å². The standard InChI is InChI=1S/C9H9F3N2O2/c10-9(11,12)7(15)5-14-8(16)6-3-1-2-4-13-6/h1-4,7,15H,5H2,(H,14,16). The summed E-state index contributed by atoms with van der Waals surface area (Å²) < 4.78 is 35.7. The van der Waals surface area contributed by atoms with Gasteiger partial charge in [-0.2, -0.15) is 13.2 Å². The average Bonchev–Trinajstić information content (AvgIpc) is 2.25. The van der Waals surface area contributed by atoms with E-state index in [-0.39, 0.29) is 5.69 Å². The van der Waals surface area contributed by atoms with Gasteiger partial charge in [-0.05, 0) is 12.1 Å². The van der Waals surface area contributed by atoms with E-state index < -0.39 is 24.7 Å². The first-order chi connectivity index (χ1) is 7.41. The summed E-state index contributed by atoms with van der Waals surface area (Å²) in [6.07, 6.45) is -5.97. The van der Waals surface area contributed by atoms with Crippen LogP contribution in [0.1, 0.15) is 10.5 Å². The van der Waals surface area contributed by atoms with Gasteiger partial charge in [0.2, 0.25) is 0 Å². The highest BCUT2D eigenvalue weighted by Crippen LogP contribution is 2.19. The zero-order valence-electron chi connectivity index (χ0n) is 8.03. The summed E-state index contributed by atoms with van der Waals surface area (Å²) >= 11 is 0. The van der Waals surface area contributed by atoms with E-state index in [4.69, 9.17) is 5.11 Å². The van der Waals surface area contributed by atoms with Crippen molar-refractivity contribution in [1.82, 2.24) is 10.3 Å². The number of aromatic nitrogens is 1. The van der Waals surface area contributed by atoms with Crippen molar-refractivity contribution in [3.8, 4) is 0 Å². The topological polar surface area (TPSA) is 62.2 Å². The Morgan fingerprint density at radius 3 is 2.69 bits per heavy atom. The number of halogens is 3. The van der Waals surface area contributed by atoms with Crippen molar-refractivity contribution < 1.29 is 23.1 Å². The fourth-order valence-corrected chi connectivity index (χ4v) is 0.893. The summed E-state index contributed by atoms with van der Waals surface area (Å²) in [5.74, 6) is -0.760. The number of hydrogen-bond acceptors (Lipinski definition) is 3. The van der Waals surface area contributed by atoms with Gasteiger partial charge in [0, 0.05) is 6.20 Å². The number of alkyl halides is 3. The minimum atomic E-state index is -4.74. The number of carbonyl (C=O) groups is 1. The van der Waals surface area contributed by atoms with Gasteiger partial charge in [0.05, 0.1) is 6.54 Å². The molecule has 1 atom stereocenters. The number of aliphatic hydroxyl groups excluding tert-OH is 1. The number of nitrogens with zero attached hydrogens (tertiary/aromatic N) is 1. The van der Waals surface area contributed by atoms with Gasteiger partial charge < -0.3 is 10.4 Å². The summed E-state index contributed by atoms with van der Waals surface area (Å²) in [5, 5.41) is 10.6. The van der Waals surface area contributed by atoms with Gasteiger partial charge in [-0.3, -0.25) is 9.78 Å². The van der Waals surface area contributed by atoms with E-state index in [2.05, 4.69) is 4.98 Å². The van der Waals surface area contributed by atoms with Crippen LogP contribution in [0.4, 0.5) is 13.2 Å². The molecule has 0 aromatic carbocycles. The lowest BCUT2D eigenvalue weighted by Gasteiger charge is -2.14. The molecule has 1 rings (SSSR count). The number of aliphatic hydroxyl groups is 1. The van der Waals surface area contributed by atoms with Crippen molar-refractivity contribution in [1.29, 1.82) is 0 Å². The molecule has 1 aromatic rings. The monoisotopic (exact) mass is 234 g/mol. The number of rotatable bonds is 3. The molecule has 0 aliphatic heterocycles. The van der Waals surface area contributed by atoms with Crippen molar-refractivity contribution in [2.75, 3.05) is 6.54 Å². The summed E-state index contributed by atoms with van der Waals surface area (Å²) in [6.45, 7) is -0.890. The van der Waals surface area contributed by atoms with Crippen LogP contribution in [0.3, 0.4) is 0 Å². The van der Waals surface area contributed by atoms with Crippen LogP contribution in [0.25, 0.3) is 0 Å². The first kappa shape index (κ1) is 12.4. The highest BCUT2D eigenvalue weighted by Gasteiger charge is 2.38. The van der Waals surface area contributed by atoms with Gasteiger partial charge in [-0.1, -0.05) is 6.07 Å². The molecule has 1 heterocycles. The van der Waals surface area contributed by atoms with Crippen LogP contribution >= 0.6 is 0 Å². The third kappa shape index (κ3) is 3.50. The van der Waals surface area contributed by atoms with Crippen LogP contribution in [-0.2, 0) is 0 Å². The van der Waals surface area contributed by atoms with Crippen molar-refractivity contribution in [2.45, 2.75) is 12.3 Å². The van der Waals surface area contributed by atoms with Gasteiger partial charge in [-0.15, -0.1) is 0 Å². The smallest absolute Gasteiger partial charge is 0.382 e. The molecule has 1 amide bonds. The molecule has 7 heteroatoms. The SMILES string of the molecule is O=C(NCC(O)C(F)(F)F)c1ccccn1. The number of nitrogens with one attached hydrogen (secondary N) is 1. The predicted molar refractivity (Wildman–Crippen MR) is 48.6 cm³/mol. The van der Waals surface area contributed by atoms with Crippen molar-refractivity contribution >= 4 is 5.91 Å². The fourth-order valence-electron chi connectivity index (χ4n) is 0.893. The van der Waals surface area contributed by atoms with Crippen LogP contribution in [0.2, 0.25) is 0 Å². The third-order valence-corrected chi connectivity index (χ3v) is 1.73. The summed E-state index contributed by atoms with van der Waals surface area (Å²) in [7, 11) is 0. The summed E-state index contributed by atoms with van der Waals surface area (Å²) in [5.41, 5.74) is -0.00289. The lowest BCUT2D eigenvalue weighted by molar-refractivity contribution is -0.201. The zero-order valence-corrected chi connectivity index (χ0v) is 8.03. The fraction of sp³-hybridized carbons (Fsp3) is 0.333. The molecule has 0 saturated heterocycles. The molecule has 0 aliphatic carbocycles. The molecular weight excluding hydrogens is 225 g/mol. The number of carbonyl (C=O) groups excluding carboxylic acids is 1. The molecule has 4 nitrogen and oxygen atoms in total. The molecule has 0 fully saturated rings. The highest BCUT2D eigenvalue weighted by atomic mass is 19.4. The van der Waals surface area contributed by atoms with Crippen LogP contribution in [0, 0.1) is 0 Å². The van der Waals surface area contributed by atoms with E-state index in [1.807, 2.05) is 5.32 Å². The Morgan fingerprint density at radius 1 is 1.50 bits per heavy atom. The summed E-state index contributed by atoms with van der Waals surface area (Å²) in [4.78, 5) is 14.9. The van der Waals surface area contributed by atoms with E-state index in [0.29, 0.717) is 0 Å². The normalized spacial score (nSPS) is 13.2. The molecule has 1 aromatic heterocycles. The number of hydrogen-bond donors (Lipinski definition) is 2. The van der Waals surface area contributed by atoms with Crippen LogP contribution in [-0.4, -0.2) is 34.8 Å². The molecule has 0 bridgehead atoms. The maximum absolute atomic E-state index is 11.9. The Kier molecular flexibility index (Phi) is 3.83. The molecule has 0 spiro atoms. The Balaban J connectivity index is 2.48. The lowest BCUT2D eigenvalue weighted by Crippen LogP contribution is -2.40. The van der Waals surface area contributed by atoms with E-state index in [9.17, 15) is 18.0 Å². The first-order valence-corrected chi connectivity index (χ1v) is 4.35. The zero-order chi connectivity index (χ0) is 12.2. The Labute approximate surface area is 89.1 Å². The van der Waals surface area contributed by atoms with Gasteiger partial charge >= 0.3 is 6.18 Å². The van der Waals surface area contributed by atoms with Gasteiger partial charge in [-0.25, -0.2) is 0 Å². The summed E-state index contributed by atoms with van der Waals surface area (Å²) in [6, 6.07) is 4.46. The van der Waals surface area contributed by atoms with E-state index in [0.717, 1.165) is 0 Å². The van der Waals surface area contributed by atoms with Gasteiger partial charge in [0.1, 0.15) is 5.69 Å². The Bertz CT molecular complexity index is 354. The molecular formula is C9H9F3N2O2. The molecule has 16 heavy (non-hydrogen) atoms. The minimum absolute atomic E-state index is 0.00289. The molecule has 0 aliphatic rings. The first-order valence-electron chi connectivity index (χ1n) is 4.35. The van der Waals surface area contributed by atoms with Crippen LogP contribution in [0.5, 0.6) is 0 Å². The highest BCUT2D eigenvalue weighted by molar-refractivity contribution is 5.92. The third-order valence-electron chi connectivity index (χ3n) is 1.73. The quantitative estimate of drug-likeness (QED) is 0.810. The van der Waals surface area contributed by atoms with E-state index >= 15 is 0 Å². The number of pyridine rings is 1. The molecule has 1 unspecified atom stereocenters. The van der Waals surface area contributed by atoms with Gasteiger partial charge in [0.15, 0.2) is 6.10 Å². The largest absolute Gasteiger partial charge is 0.416 e. The Hall–Kier alpha value is -1.63. The van der Waals surface area contributed by atoms with Crippen LogP contribution < -0.4 is 5.32 Å². The van der Waals surface area contributed by atoms with E-state index in [1.54, 1.807) is 6.07 Å². The maximum atomic E-state index is 11.9. The second kappa shape index (κ2) is 4.93. The molecule has 0 saturated carbocycles. The maximum Gasteiger partial charge on any atom is 0.416 e. The lowest BCUT2D eigenvalue weighted by atomic mass is 10.3. The Morgan fingerprint density at radius 2 is 2.19 bits per heavy atom. The van der Waals surface area contributed by atoms with Crippen LogP contribution in [0.15, 0.2) is 24.4 Å². The van der Waals surface area contributed by atoms with E-state index in [1.165, 1.54) is 18.3 Å². The average molecular weight is 234 g/mol. The molecule has 2 N–H and O–H groups in total. The molecule has 0 radical (unpaired) electrons. The second-order valence-electron chi connectivity index (χ2n) is 2.98. The number of amides is 1.